The molecule has 0 spiro atoms. The minimum Gasteiger partial charge on any atom is -0.342 e. The highest BCUT2D eigenvalue weighted by Gasteiger charge is 2.46. The number of aryl methyl sites for hydroxylation is 1. The zero-order chi connectivity index (χ0) is 18.6. The van der Waals surface area contributed by atoms with E-state index >= 15 is 0 Å². The molecule has 4 heteroatoms. The molecule has 1 saturated heterocycles. The van der Waals surface area contributed by atoms with Crippen LogP contribution in [0.25, 0.3) is 22.3 Å². The van der Waals surface area contributed by atoms with Crippen molar-refractivity contribution in [2.45, 2.75) is 44.1 Å². The summed E-state index contributed by atoms with van der Waals surface area (Å²) < 4.78 is 0. The summed E-state index contributed by atoms with van der Waals surface area (Å²) in [5, 5.41) is 0. The van der Waals surface area contributed by atoms with Gasteiger partial charge in [-0.15, -0.1) is 0 Å². The first-order valence-electron chi connectivity index (χ1n) is 9.67. The lowest BCUT2D eigenvalue weighted by atomic mass is 9.63. The molecule has 5 rings (SSSR count). The molecule has 2 aliphatic rings. The van der Waals surface area contributed by atoms with Crippen LogP contribution in [0.1, 0.15) is 37.3 Å². The third kappa shape index (κ3) is 2.47. The van der Waals surface area contributed by atoms with Gasteiger partial charge in [0, 0.05) is 30.5 Å². The Morgan fingerprint density at radius 3 is 2.78 bits per heavy atom. The van der Waals surface area contributed by atoms with Crippen LogP contribution >= 0.6 is 0 Å². The molecule has 1 amide bonds. The maximum Gasteiger partial charge on any atom is 0.222 e. The Morgan fingerprint density at radius 1 is 1.11 bits per heavy atom. The second-order valence-electron chi connectivity index (χ2n) is 8.09. The minimum atomic E-state index is 0.0455. The molecule has 2 atom stereocenters. The van der Waals surface area contributed by atoms with Gasteiger partial charge in [-0.2, -0.15) is 0 Å². The average molecular weight is 357 g/mol. The minimum absolute atomic E-state index is 0.0455. The lowest BCUT2D eigenvalue weighted by Crippen LogP contribution is -2.56. The van der Waals surface area contributed by atoms with Gasteiger partial charge in [0.2, 0.25) is 5.91 Å². The third-order valence-electron chi connectivity index (χ3n) is 6.61. The molecular weight excluding hydrogens is 334 g/mol. The summed E-state index contributed by atoms with van der Waals surface area (Å²) in [7, 11) is 1.97. The van der Waals surface area contributed by atoms with Crippen molar-refractivity contribution >= 4 is 16.9 Å². The molecule has 0 N–H and O–H groups in total. The zero-order valence-corrected chi connectivity index (χ0v) is 15.8. The van der Waals surface area contributed by atoms with Crippen molar-refractivity contribution in [2.75, 3.05) is 7.05 Å². The maximum absolute atomic E-state index is 12.2. The van der Waals surface area contributed by atoms with E-state index in [1.54, 1.807) is 0 Å². The third-order valence-corrected chi connectivity index (χ3v) is 6.61. The summed E-state index contributed by atoms with van der Waals surface area (Å²) in [5.41, 5.74) is 6.72. The number of amides is 1. The molecule has 0 bridgehead atoms. The summed E-state index contributed by atoms with van der Waals surface area (Å²) in [5.74, 6) is 0.281. The molecule has 2 heterocycles. The first-order valence-corrected chi connectivity index (χ1v) is 9.67. The van der Waals surface area contributed by atoms with Crippen molar-refractivity contribution in [2.24, 2.45) is 0 Å². The number of likely N-dealkylation sites (tertiary alicyclic amines) is 1. The highest BCUT2D eigenvalue weighted by Crippen LogP contribution is 2.46. The Labute approximate surface area is 159 Å². The number of likely N-dealkylation sites (N-methyl/N-ethyl adjacent to an activating group) is 1. The van der Waals surface area contributed by atoms with E-state index in [9.17, 15) is 4.79 Å². The number of rotatable bonds is 1. The highest BCUT2D eigenvalue weighted by molar-refractivity contribution is 5.79. The first-order chi connectivity index (χ1) is 13.1. The maximum atomic E-state index is 12.2. The van der Waals surface area contributed by atoms with Crippen LogP contribution in [0.15, 0.2) is 48.7 Å². The van der Waals surface area contributed by atoms with Crippen LogP contribution in [0.5, 0.6) is 0 Å². The molecule has 4 nitrogen and oxygen atoms in total. The van der Waals surface area contributed by atoms with Gasteiger partial charge in [0.05, 0.1) is 22.9 Å². The lowest BCUT2D eigenvalue weighted by molar-refractivity contribution is -0.138. The second kappa shape index (κ2) is 5.88. The van der Waals surface area contributed by atoms with Crippen LogP contribution in [-0.4, -0.2) is 33.9 Å². The van der Waals surface area contributed by atoms with Crippen LogP contribution in [0.4, 0.5) is 0 Å². The number of piperidine rings is 1. The summed E-state index contributed by atoms with van der Waals surface area (Å²) in [6.45, 7) is 2.33. The molecule has 1 aromatic heterocycles. The molecular formula is C23H23N3O. The first kappa shape index (κ1) is 16.4. The van der Waals surface area contributed by atoms with Gasteiger partial charge in [0.15, 0.2) is 0 Å². The number of carbonyl (C=O) groups excluding carboxylic acids is 1. The van der Waals surface area contributed by atoms with Gasteiger partial charge in [0.1, 0.15) is 0 Å². The fraction of sp³-hybridized carbons (Fsp3) is 0.348. The van der Waals surface area contributed by atoms with Crippen LogP contribution in [-0.2, 0) is 16.6 Å². The summed E-state index contributed by atoms with van der Waals surface area (Å²) in [4.78, 5) is 23.5. The normalized spacial score (nSPS) is 24.6. The van der Waals surface area contributed by atoms with Crippen molar-refractivity contribution in [3.8, 4) is 11.3 Å². The molecule has 3 aromatic rings. The Hall–Kier alpha value is -2.75. The molecule has 0 unspecified atom stereocenters. The second-order valence-corrected chi connectivity index (χ2v) is 8.09. The van der Waals surface area contributed by atoms with Crippen molar-refractivity contribution in [3.05, 3.63) is 59.8 Å². The van der Waals surface area contributed by atoms with E-state index in [1.807, 2.05) is 42.4 Å². The van der Waals surface area contributed by atoms with Crippen molar-refractivity contribution in [3.63, 3.8) is 0 Å². The van der Waals surface area contributed by atoms with E-state index in [1.165, 1.54) is 11.1 Å². The molecule has 1 aliphatic heterocycles. The molecule has 1 fully saturated rings. The van der Waals surface area contributed by atoms with E-state index in [4.69, 9.17) is 4.98 Å². The lowest BCUT2D eigenvalue weighted by Gasteiger charge is -2.50. The van der Waals surface area contributed by atoms with Gasteiger partial charge < -0.3 is 4.90 Å². The topological polar surface area (TPSA) is 46.1 Å². The van der Waals surface area contributed by atoms with Crippen LogP contribution in [0.2, 0.25) is 0 Å². The van der Waals surface area contributed by atoms with Gasteiger partial charge in [-0.25, -0.2) is 4.98 Å². The van der Waals surface area contributed by atoms with Crippen molar-refractivity contribution in [1.29, 1.82) is 0 Å². The van der Waals surface area contributed by atoms with Crippen LogP contribution in [0, 0.1) is 0 Å². The predicted molar refractivity (Wildman–Crippen MR) is 106 cm³/mol. The number of hydrogen-bond acceptors (Lipinski definition) is 3. The number of para-hydroxylation sites is 2. The number of hydrogen-bond donors (Lipinski definition) is 0. The number of carbonyl (C=O) groups is 1. The Morgan fingerprint density at radius 2 is 1.93 bits per heavy atom. The summed E-state index contributed by atoms with van der Waals surface area (Å²) in [6, 6.07) is 15.0. The predicted octanol–water partition coefficient (Wildman–Crippen LogP) is 4.12. The molecule has 136 valence electrons. The summed E-state index contributed by atoms with van der Waals surface area (Å²) >= 11 is 0. The fourth-order valence-corrected chi connectivity index (χ4v) is 5.04. The summed E-state index contributed by atoms with van der Waals surface area (Å²) in [6.07, 6.45) is 5.47. The van der Waals surface area contributed by atoms with Gasteiger partial charge in [-0.1, -0.05) is 31.2 Å². The monoisotopic (exact) mass is 357 g/mol. The van der Waals surface area contributed by atoms with Crippen LogP contribution in [0.3, 0.4) is 0 Å². The van der Waals surface area contributed by atoms with E-state index in [-0.39, 0.29) is 11.3 Å². The number of nitrogens with zero attached hydrogens (tertiary/aromatic N) is 3. The van der Waals surface area contributed by atoms with Gasteiger partial charge in [-0.3, -0.25) is 9.78 Å². The smallest absolute Gasteiger partial charge is 0.222 e. The van der Waals surface area contributed by atoms with Gasteiger partial charge >= 0.3 is 0 Å². The zero-order valence-electron chi connectivity index (χ0n) is 15.8. The van der Waals surface area contributed by atoms with E-state index in [0.717, 1.165) is 41.6 Å². The molecule has 0 radical (unpaired) electrons. The Kier molecular flexibility index (Phi) is 3.58. The number of fused-ring (bicyclic) bond motifs is 4. The van der Waals surface area contributed by atoms with Gasteiger partial charge in [-0.05, 0) is 48.6 Å². The standard InChI is InChI=1S/C23H23N3O/c1-23-12-11-22(27)26(2)21(23)10-8-15-13-16(7-9-17(15)23)20-14-24-18-5-3-4-6-19(18)25-20/h3-7,9,13-14,21H,8,10-12H2,1-2H3/t21-,23-/m1/s1. The Bertz CT molecular complexity index is 1060. The van der Waals surface area contributed by atoms with Crippen molar-refractivity contribution < 1.29 is 4.79 Å². The van der Waals surface area contributed by atoms with Crippen LogP contribution < -0.4 is 0 Å². The van der Waals surface area contributed by atoms with Gasteiger partial charge in [0.25, 0.3) is 0 Å². The fourth-order valence-electron chi connectivity index (χ4n) is 5.04. The quantitative estimate of drug-likeness (QED) is 0.658. The number of benzene rings is 2. The number of aromatic nitrogens is 2. The van der Waals surface area contributed by atoms with E-state index in [2.05, 4.69) is 30.1 Å². The molecule has 0 saturated carbocycles. The largest absolute Gasteiger partial charge is 0.342 e. The highest BCUT2D eigenvalue weighted by atomic mass is 16.2. The van der Waals surface area contributed by atoms with E-state index in [0.29, 0.717) is 12.5 Å². The molecule has 2 aromatic carbocycles. The Balaban J connectivity index is 1.56. The molecule has 27 heavy (non-hydrogen) atoms. The average Bonchev–Trinajstić information content (AvgIpc) is 2.70. The van der Waals surface area contributed by atoms with Crippen molar-refractivity contribution in [1.82, 2.24) is 14.9 Å². The SMILES string of the molecule is CN1C(=O)CC[C@]2(C)c3ccc(-c4cnc5ccccc5n4)cc3CC[C@@H]12. The molecule has 1 aliphatic carbocycles. The van der Waals surface area contributed by atoms with E-state index < -0.39 is 0 Å².